The van der Waals surface area contributed by atoms with Crippen LogP contribution in [0.3, 0.4) is 0 Å². The second-order valence-corrected chi connectivity index (χ2v) is 8.38. The Morgan fingerprint density at radius 1 is 1.33 bits per heavy atom. The van der Waals surface area contributed by atoms with Gasteiger partial charge in [0.05, 0.1) is 15.2 Å². The highest BCUT2D eigenvalue weighted by Crippen LogP contribution is 2.27. The Morgan fingerprint density at radius 2 is 2.07 bits per heavy atom. The number of rotatable bonds is 10. The molecule has 0 aliphatic rings. The Kier molecular flexibility index (Phi) is 7.74. The number of nitrogens with one attached hydrogen (secondary N) is 2. The Hall–Kier alpha value is -1.99. The topological polar surface area (TPSA) is 97.1 Å². The second kappa shape index (κ2) is 9.80. The number of amides is 2. The second-order valence-electron chi connectivity index (χ2n) is 7.27. The molecule has 0 saturated carbocycles. The van der Waals surface area contributed by atoms with Gasteiger partial charge in [0.2, 0.25) is 12.3 Å². The molecule has 0 spiro atoms. The molecule has 0 aliphatic heterocycles. The monoisotopic (exact) mass is 390 g/mol. The van der Waals surface area contributed by atoms with Crippen LogP contribution in [0.5, 0.6) is 0 Å². The summed E-state index contributed by atoms with van der Waals surface area (Å²) >= 11 is 1.56. The number of carbonyl (C=O) groups excluding carboxylic acids is 2. The zero-order chi connectivity index (χ0) is 20.0. The van der Waals surface area contributed by atoms with Crippen LogP contribution in [0.15, 0.2) is 18.2 Å². The van der Waals surface area contributed by atoms with Gasteiger partial charge in [-0.1, -0.05) is 40.2 Å². The number of nitrogens with zero attached hydrogens (tertiary/aromatic N) is 1. The van der Waals surface area contributed by atoms with Gasteiger partial charge in [-0.05, 0) is 29.5 Å². The fourth-order valence-electron chi connectivity index (χ4n) is 2.92. The van der Waals surface area contributed by atoms with Gasteiger partial charge in [-0.25, -0.2) is 4.98 Å². The summed E-state index contributed by atoms with van der Waals surface area (Å²) in [6.07, 6.45) is 1.85. The summed E-state index contributed by atoms with van der Waals surface area (Å²) in [5.41, 5.74) is 7.98. The molecule has 1 unspecified atom stereocenters. The van der Waals surface area contributed by atoms with E-state index in [9.17, 15) is 9.59 Å². The predicted octanol–water partition coefficient (Wildman–Crippen LogP) is 2.57. The predicted molar refractivity (Wildman–Crippen MR) is 111 cm³/mol. The Bertz CT molecular complexity index is 774. The number of aromatic nitrogens is 1. The average molecular weight is 391 g/mol. The maximum Gasteiger partial charge on any atom is 0.243 e. The van der Waals surface area contributed by atoms with Crippen LogP contribution in [0.4, 0.5) is 0 Å². The molecule has 1 aromatic heterocycles. The van der Waals surface area contributed by atoms with E-state index in [0.717, 1.165) is 21.6 Å². The summed E-state index contributed by atoms with van der Waals surface area (Å²) in [5.74, 6) is 0.497. The molecule has 3 atom stereocenters. The molecule has 148 valence electrons. The minimum Gasteiger partial charge on any atom is -0.350 e. The number of hydrogen-bond donors (Lipinski definition) is 3. The fraction of sp³-hybridized carbons (Fsp3) is 0.550. The van der Waals surface area contributed by atoms with E-state index in [1.54, 1.807) is 11.3 Å². The van der Waals surface area contributed by atoms with E-state index in [4.69, 9.17) is 5.73 Å². The van der Waals surface area contributed by atoms with E-state index in [0.29, 0.717) is 25.3 Å². The lowest BCUT2D eigenvalue weighted by atomic mass is 9.99. The molecule has 0 saturated heterocycles. The van der Waals surface area contributed by atoms with Crippen molar-refractivity contribution in [3.05, 3.63) is 28.8 Å². The third kappa shape index (κ3) is 5.49. The number of nitrogens with two attached hydrogens (primary N) is 1. The first-order valence-electron chi connectivity index (χ1n) is 9.49. The molecule has 1 aromatic carbocycles. The molecule has 2 aromatic rings. The molecule has 6 nitrogen and oxygen atoms in total. The van der Waals surface area contributed by atoms with Crippen molar-refractivity contribution in [3.63, 3.8) is 0 Å². The van der Waals surface area contributed by atoms with Crippen molar-refractivity contribution in [2.24, 2.45) is 11.7 Å². The van der Waals surface area contributed by atoms with Gasteiger partial charge < -0.3 is 16.4 Å². The summed E-state index contributed by atoms with van der Waals surface area (Å²) in [6, 6.07) is 5.48. The SMILES string of the molecule is CC[C@H](C)[C@@H](CN)NC(=O)C(Cc1nc2ccc(C(C)C)cc2s1)NC=O. The van der Waals surface area contributed by atoms with Gasteiger partial charge in [-0.15, -0.1) is 11.3 Å². The van der Waals surface area contributed by atoms with Crippen LogP contribution < -0.4 is 16.4 Å². The molecule has 0 bridgehead atoms. The molecular formula is C20H30N4O2S. The molecule has 2 rings (SSSR count). The largest absolute Gasteiger partial charge is 0.350 e. The lowest BCUT2D eigenvalue weighted by Crippen LogP contribution is -2.52. The highest BCUT2D eigenvalue weighted by Gasteiger charge is 2.24. The Labute approximate surface area is 164 Å². The first-order valence-corrected chi connectivity index (χ1v) is 10.3. The zero-order valence-electron chi connectivity index (χ0n) is 16.5. The molecule has 0 fully saturated rings. The van der Waals surface area contributed by atoms with Crippen LogP contribution in [-0.4, -0.2) is 35.9 Å². The van der Waals surface area contributed by atoms with E-state index in [2.05, 4.69) is 55.4 Å². The van der Waals surface area contributed by atoms with E-state index < -0.39 is 6.04 Å². The van der Waals surface area contributed by atoms with Crippen molar-refractivity contribution < 1.29 is 9.59 Å². The first kappa shape index (κ1) is 21.3. The van der Waals surface area contributed by atoms with E-state index >= 15 is 0 Å². The molecule has 2 amide bonds. The van der Waals surface area contributed by atoms with Crippen molar-refractivity contribution in [3.8, 4) is 0 Å². The van der Waals surface area contributed by atoms with E-state index in [1.807, 2.05) is 6.07 Å². The highest BCUT2D eigenvalue weighted by molar-refractivity contribution is 7.18. The zero-order valence-corrected chi connectivity index (χ0v) is 17.3. The Morgan fingerprint density at radius 3 is 2.67 bits per heavy atom. The first-order chi connectivity index (χ1) is 12.9. The van der Waals surface area contributed by atoms with Crippen LogP contribution in [0, 0.1) is 5.92 Å². The van der Waals surface area contributed by atoms with E-state index in [1.165, 1.54) is 5.56 Å². The Balaban J connectivity index is 2.16. The lowest BCUT2D eigenvalue weighted by Gasteiger charge is -2.25. The number of carbonyl (C=O) groups is 2. The quantitative estimate of drug-likeness (QED) is 0.543. The summed E-state index contributed by atoms with van der Waals surface area (Å²) in [6.45, 7) is 8.80. The third-order valence-corrected chi connectivity index (χ3v) is 6.04. The smallest absolute Gasteiger partial charge is 0.243 e. The molecule has 7 heteroatoms. The normalized spacial score (nSPS) is 14.7. The maximum absolute atomic E-state index is 12.7. The van der Waals surface area contributed by atoms with Gasteiger partial charge in [-0.2, -0.15) is 0 Å². The van der Waals surface area contributed by atoms with Crippen molar-refractivity contribution >= 4 is 33.9 Å². The third-order valence-electron chi connectivity index (χ3n) is 5.00. The van der Waals surface area contributed by atoms with Crippen LogP contribution in [0.1, 0.15) is 50.6 Å². The minimum absolute atomic E-state index is 0.109. The number of thiazole rings is 1. The van der Waals surface area contributed by atoms with Gasteiger partial charge in [0, 0.05) is 19.0 Å². The molecule has 1 heterocycles. The van der Waals surface area contributed by atoms with E-state index in [-0.39, 0.29) is 17.9 Å². The summed E-state index contributed by atoms with van der Waals surface area (Å²) < 4.78 is 1.10. The van der Waals surface area contributed by atoms with Crippen LogP contribution >= 0.6 is 11.3 Å². The van der Waals surface area contributed by atoms with Crippen LogP contribution in [0.2, 0.25) is 0 Å². The maximum atomic E-state index is 12.7. The van der Waals surface area contributed by atoms with Gasteiger partial charge in [0.15, 0.2) is 0 Å². The number of hydrogen-bond acceptors (Lipinski definition) is 5. The summed E-state index contributed by atoms with van der Waals surface area (Å²) in [4.78, 5) is 28.3. The standard InChI is InChI=1S/C20H30N4O2S/c1-5-13(4)17(10-21)24-20(26)16(22-11-25)9-19-23-15-7-6-14(12(2)3)8-18(15)27-19/h6-8,11-13,16-17H,5,9-10,21H2,1-4H3,(H,22,25)(H,24,26)/t13-,16?,17+/m0/s1. The molecule has 27 heavy (non-hydrogen) atoms. The highest BCUT2D eigenvalue weighted by atomic mass is 32.1. The fourth-order valence-corrected chi connectivity index (χ4v) is 3.98. The molecule has 0 aliphatic carbocycles. The average Bonchev–Trinajstić information content (AvgIpc) is 3.06. The van der Waals surface area contributed by atoms with Gasteiger partial charge in [0.25, 0.3) is 0 Å². The van der Waals surface area contributed by atoms with Crippen molar-refractivity contribution in [2.75, 3.05) is 6.54 Å². The molecular weight excluding hydrogens is 360 g/mol. The summed E-state index contributed by atoms with van der Waals surface area (Å²) in [7, 11) is 0. The minimum atomic E-state index is -0.661. The van der Waals surface area contributed by atoms with Gasteiger partial charge in [0.1, 0.15) is 6.04 Å². The van der Waals surface area contributed by atoms with Crippen molar-refractivity contribution in [1.29, 1.82) is 0 Å². The summed E-state index contributed by atoms with van der Waals surface area (Å²) in [5, 5.41) is 6.42. The number of fused-ring (bicyclic) bond motifs is 1. The molecule has 0 radical (unpaired) electrons. The molecule has 4 N–H and O–H groups in total. The van der Waals surface area contributed by atoms with Crippen molar-refractivity contribution in [1.82, 2.24) is 15.6 Å². The van der Waals surface area contributed by atoms with Gasteiger partial charge >= 0.3 is 0 Å². The number of benzene rings is 1. The van der Waals surface area contributed by atoms with Gasteiger partial charge in [-0.3, -0.25) is 9.59 Å². The van der Waals surface area contributed by atoms with Crippen molar-refractivity contribution in [2.45, 2.75) is 58.5 Å². The lowest BCUT2D eigenvalue weighted by molar-refractivity contribution is -0.126. The van der Waals surface area contributed by atoms with Crippen LogP contribution in [0.25, 0.3) is 10.2 Å². The van der Waals surface area contributed by atoms with Crippen LogP contribution in [-0.2, 0) is 16.0 Å².